The van der Waals surface area contributed by atoms with Crippen LogP contribution in [0.15, 0.2) is 53.3 Å². The fourth-order valence-corrected chi connectivity index (χ4v) is 2.43. The summed E-state index contributed by atoms with van der Waals surface area (Å²) in [5.41, 5.74) is 7.95. The van der Waals surface area contributed by atoms with Gasteiger partial charge in [-0.25, -0.2) is 0 Å². The van der Waals surface area contributed by atoms with Crippen LogP contribution in [0.3, 0.4) is 0 Å². The van der Waals surface area contributed by atoms with Gasteiger partial charge in [-0.05, 0) is 54.8 Å². The van der Waals surface area contributed by atoms with Crippen molar-refractivity contribution in [1.82, 2.24) is 4.98 Å². The highest BCUT2D eigenvalue weighted by Gasteiger charge is 2.04. The van der Waals surface area contributed by atoms with E-state index in [0.29, 0.717) is 17.8 Å². The Morgan fingerprint density at radius 1 is 1.00 bits per heavy atom. The van der Waals surface area contributed by atoms with E-state index in [1.807, 2.05) is 25.1 Å². The molecule has 0 amide bonds. The van der Waals surface area contributed by atoms with Crippen molar-refractivity contribution in [3.8, 4) is 11.5 Å². The number of nitrogens with one attached hydrogen (secondary N) is 1. The summed E-state index contributed by atoms with van der Waals surface area (Å²) in [4.78, 5) is 13.7. The molecule has 0 radical (unpaired) electrons. The molecule has 0 aliphatic heterocycles. The molecule has 6 heteroatoms. The summed E-state index contributed by atoms with van der Waals surface area (Å²) >= 11 is 0. The van der Waals surface area contributed by atoms with Gasteiger partial charge in [0.15, 0.2) is 0 Å². The number of aromatic nitrogens is 1. The van der Waals surface area contributed by atoms with Crippen LogP contribution in [0.25, 0.3) is 10.9 Å². The first-order valence-electron chi connectivity index (χ1n) is 7.87. The predicted octanol–water partition coefficient (Wildman–Crippen LogP) is 3.27. The first-order chi connectivity index (χ1) is 11.5. The van der Waals surface area contributed by atoms with Crippen molar-refractivity contribution in [2.45, 2.75) is 19.8 Å². The molecule has 3 rings (SSSR count). The van der Waals surface area contributed by atoms with Crippen molar-refractivity contribution in [1.29, 1.82) is 0 Å². The molecule has 134 valence electrons. The molecule has 5 nitrogen and oxygen atoms in total. The first-order valence-corrected chi connectivity index (χ1v) is 7.87. The van der Waals surface area contributed by atoms with Crippen LogP contribution in [-0.2, 0) is 12.8 Å². The van der Waals surface area contributed by atoms with E-state index in [2.05, 4.69) is 4.98 Å². The SMILES string of the molecule is Br.CCc1ccc(O)c2[nH]c(=O)ccc12.NCCc1ccc(O)cc1. The molecule has 5 N–H and O–H groups in total. The number of halogens is 1. The molecule has 0 saturated carbocycles. The van der Waals surface area contributed by atoms with Gasteiger partial charge in [-0.15, -0.1) is 17.0 Å². The Balaban J connectivity index is 0.000000254. The van der Waals surface area contributed by atoms with Gasteiger partial charge in [-0.2, -0.15) is 0 Å². The lowest BCUT2D eigenvalue weighted by Crippen LogP contribution is -2.03. The highest BCUT2D eigenvalue weighted by molar-refractivity contribution is 8.93. The molecule has 0 atom stereocenters. The maximum atomic E-state index is 11.1. The van der Waals surface area contributed by atoms with E-state index in [1.165, 1.54) is 11.6 Å². The number of benzene rings is 2. The van der Waals surface area contributed by atoms with E-state index in [1.54, 1.807) is 24.3 Å². The van der Waals surface area contributed by atoms with E-state index < -0.39 is 0 Å². The largest absolute Gasteiger partial charge is 0.508 e. The fourth-order valence-electron chi connectivity index (χ4n) is 2.43. The van der Waals surface area contributed by atoms with Crippen molar-refractivity contribution in [2.75, 3.05) is 6.54 Å². The first kappa shape index (κ1) is 20.7. The summed E-state index contributed by atoms with van der Waals surface area (Å²) in [6.07, 6.45) is 1.75. The molecular formula is C19H23BrN2O3. The Hall–Kier alpha value is -2.31. The summed E-state index contributed by atoms with van der Waals surface area (Å²) in [5, 5.41) is 19.3. The third-order valence-corrected chi connectivity index (χ3v) is 3.71. The molecule has 0 fully saturated rings. The smallest absolute Gasteiger partial charge is 0.248 e. The molecule has 0 aliphatic rings. The number of pyridine rings is 1. The minimum absolute atomic E-state index is 0. The van der Waals surface area contributed by atoms with E-state index in [0.717, 1.165) is 23.8 Å². The van der Waals surface area contributed by atoms with Crippen LogP contribution in [0.5, 0.6) is 11.5 Å². The number of H-pyrrole nitrogens is 1. The molecule has 25 heavy (non-hydrogen) atoms. The maximum absolute atomic E-state index is 11.1. The zero-order chi connectivity index (χ0) is 17.5. The molecule has 0 unspecified atom stereocenters. The number of aromatic hydroxyl groups is 2. The number of aryl methyl sites for hydroxylation is 1. The van der Waals surface area contributed by atoms with Crippen LogP contribution < -0.4 is 11.3 Å². The summed E-state index contributed by atoms with van der Waals surface area (Å²) in [6, 6.07) is 13.8. The quantitative estimate of drug-likeness (QED) is 0.536. The van der Waals surface area contributed by atoms with Gasteiger partial charge in [0, 0.05) is 11.5 Å². The lowest BCUT2D eigenvalue weighted by atomic mass is 10.1. The Kier molecular flexibility index (Phi) is 8.18. The number of fused-ring (bicyclic) bond motifs is 1. The lowest BCUT2D eigenvalue weighted by Gasteiger charge is -2.04. The Labute approximate surface area is 156 Å². The van der Waals surface area contributed by atoms with Gasteiger partial charge < -0.3 is 20.9 Å². The third kappa shape index (κ3) is 5.62. The van der Waals surface area contributed by atoms with Gasteiger partial charge in [-0.3, -0.25) is 4.79 Å². The molecule has 0 aliphatic carbocycles. The third-order valence-electron chi connectivity index (χ3n) is 3.71. The number of hydrogen-bond donors (Lipinski definition) is 4. The molecule has 0 bridgehead atoms. The van der Waals surface area contributed by atoms with E-state index in [4.69, 9.17) is 10.8 Å². The molecule has 3 aromatic rings. The summed E-state index contributed by atoms with van der Waals surface area (Å²) < 4.78 is 0. The summed E-state index contributed by atoms with van der Waals surface area (Å²) in [6.45, 7) is 2.70. The van der Waals surface area contributed by atoms with Crippen LogP contribution in [0, 0.1) is 0 Å². The van der Waals surface area contributed by atoms with Gasteiger partial charge in [0.25, 0.3) is 0 Å². The van der Waals surface area contributed by atoms with E-state index in [9.17, 15) is 9.90 Å². The van der Waals surface area contributed by atoms with Crippen LogP contribution in [0.2, 0.25) is 0 Å². The minimum atomic E-state index is -0.193. The van der Waals surface area contributed by atoms with Gasteiger partial charge >= 0.3 is 0 Å². The molecule has 0 saturated heterocycles. The zero-order valence-corrected chi connectivity index (χ0v) is 15.7. The average Bonchev–Trinajstić information content (AvgIpc) is 2.59. The van der Waals surface area contributed by atoms with E-state index >= 15 is 0 Å². The van der Waals surface area contributed by atoms with Crippen molar-refractivity contribution in [3.63, 3.8) is 0 Å². The van der Waals surface area contributed by atoms with Crippen molar-refractivity contribution >= 4 is 27.9 Å². The van der Waals surface area contributed by atoms with Gasteiger partial charge in [0.2, 0.25) is 5.56 Å². The minimum Gasteiger partial charge on any atom is -0.508 e. The number of rotatable bonds is 3. The van der Waals surface area contributed by atoms with Crippen molar-refractivity contribution in [3.05, 3.63) is 70.0 Å². The van der Waals surface area contributed by atoms with Crippen molar-refractivity contribution < 1.29 is 10.2 Å². The average molecular weight is 407 g/mol. The highest BCUT2D eigenvalue weighted by atomic mass is 79.9. The van der Waals surface area contributed by atoms with Crippen LogP contribution in [-0.4, -0.2) is 21.7 Å². The number of nitrogens with two attached hydrogens (primary N) is 1. The molecule has 2 aromatic carbocycles. The normalized spacial score (nSPS) is 9.84. The van der Waals surface area contributed by atoms with Crippen LogP contribution in [0.4, 0.5) is 0 Å². The van der Waals surface area contributed by atoms with Crippen molar-refractivity contribution in [2.24, 2.45) is 5.73 Å². The molecule has 1 aromatic heterocycles. The monoisotopic (exact) mass is 406 g/mol. The number of hydrogen-bond acceptors (Lipinski definition) is 4. The fraction of sp³-hybridized carbons (Fsp3) is 0.211. The molecule has 1 heterocycles. The number of phenolic OH excluding ortho intramolecular Hbond substituents is 2. The standard InChI is InChI=1S/C11H11NO2.C8H11NO.BrH/c1-2-7-3-5-9(13)11-8(7)4-6-10(14)12-11;9-6-5-7-1-3-8(10)4-2-7;/h3-6,13H,2H2,1H3,(H,12,14);1-4,10H,5-6,9H2;1H. The van der Waals surface area contributed by atoms with Crippen LogP contribution >= 0.6 is 17.0 Å². The van der Waals surface area contributed by atoms with Gasteiger partial charge in [0.05, 0.1) is 5.52 Å². The lowest BCUT2D eigenvalue weighted by molar-refractivity contribution is 0.475. The number of aromatic amines is 1. The Morgan fingerprint density at radius 3 is 2.28 bits per heavy atom. The Bertz CT molecular complexity index is 861. The van der Waals surface area contributed by atoms with Gasteiger partial charge in [-0.1, -0.05) is 25.1 Å². The zero-order valence-electron chi connectivity index (χ0n) is 14.0. The van der Waals surface area contributed by atoms with E-state index in [-0.39, 0.29) is 28.3 Å². The van der Waals surface area contributed by atoms with Crippen LogP contribution in [0.1, 0.15) is 18.1 Å². The topological polar surface area (TPSA) is 99.3 Å². The van der Waals surface area contributed by atoms with Gasteiger partial charge in [0.1, 0.15) is 11.5 Å². The highest BCUT2D eigenvalue weighted by Crippen LogP contribution is 2.24. The predicted molar refractivity (Wildman–Crippen MR) is 107 cm³/mol. The second-order valence-corrected chi connectivity index (χ2v) is 5.41. The molecule has 0 spiro atoms. The number of phenols is 2. The second-order valence-electron chi connectivity index (χ2n) is 5.41. The second kappa shape index (κ2) is 9.86. The maximum Gasteiger partial charge on any atom is 0.248 e. The molecular weight excluding hydrogens is 384 g/mol. The summed E-state index contributed by atoms with van der Waals surface area (Å²) in [5.74, 6) is 0.427. The Morgan fingerprint density at radius 2 is 1.68 bits per heavy atom. The summed E-state index contributed by atoms with van der Waals surface area (Å²) in [7, 11) is 0.